The third-order valence-corrected chi connectivity index (χ3v) is 3.38. The molecule has 0 saturated heterocycles. The summed E-state index contributed by atoms with van der Waals surface area (Å²) in [6.45, 7) is 9.21. The predicted octanol–water partition coefficient (Wildman–Crippen LogP) is 2.59. The third-order valence-electron chi connectivity index (χ3n) is 3.38. The molecule has 0 spiro atoms. The van der Waals surface area contributed by atoms with Gasteiger partial charge in [0.25, 0.3) is 0 Å². The summed E-state index contributed by atoms with van der Waals surface area (Å²) < 4.78 is 1.83. The Hall–Kier alpha value is -1.68. The molecule has 0 saturated carbocycles. The lowest BCUT2D eigenvalue weighted by molar-refractivity contribution is 0.555. The summed E-state index contributed by atoms with van der Waals surface area (Å²) in [5.74, 6) is 0. The van der Waals surface area contributed by atoms with Gasteiger partial charge in [-0.15, -0.1) is 0 Å². The predicted molar refractivity (Wildman–Crippen MR) is 76.9 cm³/mol. The van der Waals surface area contributed by atoms with Crippen LogP contribution < -0.4 is 5.32 Å². The normalized spacial score (nSPS) is 12.7. The lowest BCUT2D eigenvalue weighted by atomic mass is 10.0. The largest absolute Gasteiger partial charge is 0.304 e. The lowest BCUT2D eigenvalue weighted by Crippen LogP contribution is -2.21. The van der Waals surface area contributed by atoms with Crippen LogP contribution in [-0.4, -0.2) is 14.8 Å². The Morgan fingerprint density at radius 2 is 2.05 bits per heavy atom. The van der Waals surface area contributed by atoms with Crippen molar-refractivity contribution in [2.75, 3.05) is 0 Å². The van der Waals surface area contributed by atoms with Crippen molar-refractivity contribution in [3.8, 4) is 0 Å². The minimum Gasteiger partial charge on any atom is -0.304 e. The van der Waals surface area contributed by atoms with Gasteiger partial charge >= 0.3 is 0 Å². The van der Waals surface area contributed by atoms with Crippen molar-refractivity contribution >= 4 is 0 Å². The Morgan fingerprint density at radius 3 is 2.63 bits per heavy atom. The second-order valence-corrected chi connectivity index (χ2v) is 5.16. The Bertz CT molecular complexity index is 548. The van der Waals surface area contributed by atoms with Crippen LogP contribution in [0.1, 0.15) is 41.2 Å². The van der Waals surface area contributed by atoms with Crippen molar-refractivity contribution in [2.24, 2.45) is 7.05 Å². The fraction of sp³-hybridized carbons (Fsp3) is 0.467. The molecule has 102 valence electrons. The van der Waals surface area contributed by atoms with Crippen LogP contribution >= 0.6 is 0 Å². The molecule has 0 aromatic carbocycles. The molecule has 2 heterocycles. The number of nitrogens with one attached hydrogen (secondary N) is 1. The standard InChI is InChI=1S/C15H22N4/c1-10-8-11(2)17-13(4)15(10)12(3)16-9-14-6-7-19(5)18-14/h6-8,12,16H,9H2,1-5H3. The Morgan fingerprint density at radius 1 is 1.32 bits per heavy atom. The Kier molecular flexibility index (Phi) is 4.00. The topological polar surface area (TPSA) is 42.7 Å². The number of hydrogen-bond donors (Lipinski definition) is 1. The first-order chi connectivity index (χ1) is 8.97. The number of nitrogens with zero attached hydrogens (tertiary/aromatic N) is 3. The molecular weight excluding hydrogens is 236 g/mol. The molecule has 4 heteroatoms. The zero-order valence-electron chi connectivity index (χ0n) is 12.4. The summed E-state index contributed by atoms with van der Waals surface area (Å²) in [5.41, 5.74) is 5.84. The van der Waals surface area contributed by atoms with Crippen molar-refractivity contribution in [1.29, 1.82) is 0 Å². The highest BCUT2D eigenvalue weighted by atomic mass is 15.3. The van der Waals surface area contributed by atoms with E-state index in [0.29, 0.717) is 0 Å². The number of aryl methyl sites for hydroxylation is 4. The van der Waals surface area contributed by atoms with Gasteiger partial charge in [0.2, 0.25) is 0 Å². The van der Waals surface area contributed by atoms with Crippen LogP contribution in [0.3, 0.4) is 0 Å². The molecule has 19 heavy (non-hydrogen) atoms. The Balaban J connectivity index is 2.10. The van der Waals surface area contributed by atoms with Crippen LogP contribution in [0, 0.1) is 20.8 Å². The maximum atomic E-state index is 4.55. The van der Waals surface area contributed by atoms with Crippen molar-refractivity contribution in [1.82, 2.24) is 20.1 Å². The zero-order valence-corrected chi connectivity index (χ0v) is 12.4. The summed E-state index contributed by atoms with van der Waals surface area (Å²) in [4.78, 5) is 4.55. The zero-order chi connectivity index (χ0) is 14.0. The molecule has 0 radical (unpaired) electrons. The summed E-state index contributed by atoms with van der Waals surface area (Å²) >= 11 is 0. The van der Waals surface area contributed by atoms with E-state index in [9.17, 15) is 0 Å². The van der Waals surface area contributed by atoms with Crippen LogP contribution in [-0.2, 0) is 13.6 Å². The van der Waals surface area contributed by atoms with Crippen LogP contribution in [0.5, 0.6) is 0 Å². The first-order valence-electron chi connectivity index (χ1n) is 6.64. The summed E-state index contributed by atoms with van der Waals surface area (Å²) in [6, 6.07) is 4.45. The molecule has 0 aliphatic rings. The van der Waals surface area contributed by atoms with Gasteiger partial charge in [-0.2, -0.15) is 5.10 Å². The van der Waals surface area contributed by atoms with Gasteiger partial charge in [-0.1, -0.05) is 0 Å². The van der Waals surface area contributed by atoms with E-state index >= 15 is 0 Å². The molecular formula is C15H22N4. The van der Waals surface area contributed by atoms with Gasteiger partial charge in [-0.3, -0.25) is 9.67 Å². The van der Waals surface area contributed by atoms with E-state index in [-0.39, 0.29) is 6.04 Å². The van der Waals surface area contributed by atoms with Gasteiger partial charge in [-0.25, -0.2) is 0 Å². The van der Waals surface area contributed by atoms with E-state index in [2.05, 4.69) is 42.2 Å². The summed E-state index contributed by atoms with van der Waals surface area (Å²) in [6.07, 6.45) is 1.96. The van der Waals surface area contributed by atoms with Crippen molar-refractivity contribution in [3.63, 3.8) is 0 Å². The van der Waals surface area contributed by atoms with Gasteiger partial charge in [0.15, 0.2) is 0 Å². The molecule has 0 amide bonds. The fourth-order valence-electron chi connectivity index (χ4n) is 2.61. The molecule has 0 aliphatic carbocycles. The van der Waals surface area contributed by atoms with E-state index in [0.717, 1.165) is 23.6 Å². The molecule has 2 rings (SSSR count). The van der Waals surface area contributed by atoms with Gasteiger partial charge in [-0.05, 0) is 51.0 Å². The van der Waals surface area contributed by atoms with Gasteiger partial charge in [0.05, 0.1) is 5.69 Å². The number of aromatic nitrogens is 3. The van der Waals surface area contributed by atoms with E-state index in [4.69, 9.17) is 0 Å². The average molecular weight is 258 g/mol. The molecule has 0 bridgehead atoms. The van der Waals surface area contributed by atoms with Crippen molar-refractivity contribution in [2.45, 2.75) is 40.3 Å². The minimum atomic E-state index is 0.273. The number of pyridine rings is 1. The molecule has 1 unspecified atom stereocenters. The average Bonchev–Trinajstić information content (AvgIpc) is 2.71. The van der Waals surface area contributed by atoms with E-state index in [1.165, 1.54) is 11.1 Å². The highest BCUT2D eigenvalue weighted by Crippen LogP contribution is 2.21. The van der Waals surface area contributed by atoms with Gasteiger partial charge in [0.1, 0.15) is 0 Å². The molecule has 2 aromatic rings. The second kappa shape index (κ2) is 5.53. The van der Waals surface area contributed by atoms with Crippen LogP contribution in [0.25, 0.3) is 0 Å². The van der Waals surface area contributed by atoms with E-state index in [1.54, 1.807) is 0 Å². The number of hydrogen-bond acceptors (Lipinski definition) is 3. The van der Waals surface area contributed by atoms with Crippen LogP contribution in [0.15, 0.2) is 18.3 Å². The molecule has 0 aliphatic heterocycles. The SMILES string of the molecule is Cc1cc(C)c(C(C)NCc2ccn(C)n2)c(C)n1. The molecule has 1 N–H and O–H groups in total. The molecule has 2 aromatic heterocycles. The minimum absolute atomic E-state index is 0.273. The van der Waals surface area contributed by atoms with Gasteiger partial charge in [0, 0.05) is 37.2 Å². The quantitative estimate of drug-likeness (QED) is 0.916. The smallest absolute Gasteiger partial charge is 0.0762 e. The van der Waals surface area contributed by atoms with E-state index in [1.807, 2.05) is 30.9 Å². The molecule has 4 nitrogen and oxygen atoms in total. The van der Waals surface area contributed by atoms with Crippen LogP contribution in [0.4, 0.5) is 0 Å². The maximum Gasteiger partial charge on any atom is 0.0762 e. The van der Waals surface area contributed by atoms with Crippen molar-refractivity contribution < 1.29 is 0 Å². The highest BCUT2D eigenvalue weighted by molar-refractivity contribution is 5.33. The van der Waals surface area contributed by atoms with Crippen molar-refractivity contribution in [3.05, 3.63) is 46.5 Å². The summed E-state index contributed by atoms with van der Waals surface area (Å²) in [7, 11) is 1.94. The highest BCUT2D eigenvalue weighted by Gasteiger charge is 2.13. The Labute approximate surface area is 114 Å². The second-order valence-electron chi connectivity index (χ2n) is 5.16. The summed E-state index contributed by atoms with van der Waals surface area (Å²) in [5, 5.41) is 7.89. The first-order valence-corrected chi connectivity index (χ1v) is 6.64. The molecule has 0 fully saturated rings. The van der Waals surface area contributed by atoms with Crippen LogP contribution in [0.2, 0.25) is 0 Å². The number of rotatable bonds is 4. The van der Waals surface area contributed by atoms with Gasteiger partial charge < -0.3 is 5.32 Å². The lowest BCUT2D eigenvalue weighted by Gasteiger charge is -2.18. The first kappa shape index (κ1) is 13.7. The molecule has 1 atom stereocenters. The maximum absolute atomic E-state index is 4.55. The van der Waals surface area contributed by atoms with E-state index < -0.39 is 0 Å². The monoisotopic (exact) mass is 258 g/mol. The third kappa shape index (κ3) is 3.20. The fourth-order valence-corrected chi connectivity index (χ4v) is 2.61.